The summed E-state index contributed by atoms with van der Waals surface area (Å²) < 4.78 is 15.0. The SMILES string of the molecule is CCCCOC(=O)C(CBr)c1ccc(OCC(=O)OC)cc1. The highest BCUT2D eigenvalue weighted by Gasteiger charge is 2.21. The lowest BCUT2D eigenvalue weighted by Gasteiger charge is -2.14. The minimum absolute atomic E-state index is 0.142. The van der Waals surface area contributed by atoms with Crippen LogP contribution in [0, 0.1) is 0 Å². The van der Waals surface area contributed by atoms with E-state index in [-0.39, 0.29) is 18.5 Å². The Bertz CT molecular complexity index is 472. The summed E-state index contributed by atoms with van der Waals surface area (Å²) in [5.74, 6) is -0.496. The quantitative estimate of drug-likeness (QED) is 0.378. The zero-order chi connectivity index (χ0) is 16.4. The van der Waals surface area contributed by atoms with Crippen LogP contribution in [-0.2, 0) is 19.1 Å². The number of benzene rings is 1. The third kappa shape index (κ3) is 6.05. The molecule has 0 bridgehead atoms. The average Bonchev–Trinajstić information content (AvgIpc) is 2.54. The molecule has 22 heavy (non-hydrogen) atoms. The fourth-order valence-corrected chi connectivity index (χ4v) is 2.34. The van der Waals surface area contributed by atoms with Crippen LogP contribution in [0.2, 0.25) is 0 Å². The van der Waals surface area contributed by atoms with Crippen LogP contribution >= 0.6 is 15.9 Å². The average molecular weight is 373 g/mol. The van der Waals surface area contributed by atoms with Crippen molar-refractivity contribution >= 4 is 27.9 Å². The second kappa shape index (κ2) is 10.2. The van der Waals surface area contributed by atoms with Gasteiger partial charge in [-0.05, 0) is 24.1 Å². The maximum atomic E-state index is 12.0. The van der Waals surface area contributed by atoms with Crippen LogP contribution in [0.5, 0.6) is 5.75 Å². The molecule has 1 unspecified atom stereocenters. The number of carbonyl (C=O) groups is 2. The van der Waals surface area contributed by atoms with Gasteiger partial charge in [-0.25, -0.2) is 4.79 Å². The van der Waals surface area contributed by atoms with Crippen LogP contribution in [0.4, 0.5) is 0 Å². The van der Waals surface area contributed by atoms with Crippen LogP contribution in [0.25, 0.3) is 0 Å². The normalized spacial score (nSPS) is 11.6. The number of ether oxygens (including phenoxy) is 3. The van der Waals surface area contributed by atoms with Gasteiger partial charge in [-0.1, -0.05) is 41.4 Å². The lowest BCUT2D eigenvalue weighted by molar-refractivity contribution is -0.145. The van der Waals surface area contributed by atoms with E-state index in [2.05, 4.69) is 20.7 Å². The lowest BCUT2D eigenvalue weighted by Crippen LogP contribution is -2.18. The molecule has 0 aliphatic carbocycles. The van der Waals surface area contributed by atoms with E-state index in [1.807, 2.05) is 6.92 Å². The van der Waals surface area contributed by atoms with Crippen molar-refractivity contribution in [1.29, 1.82) is 0 Å². The molecule has 1 rings (SSSR count). The van der Waals surface area contributed by atoms with Crippen LogP contribution < -0.4 is 4.74 Å². The first kappa shape index (κ1) is 18.5. The van der Waals surface area contributed by atoms with Crippen LogP contribution in [-0.4, -0.2) is 37.6 Å². The first-order valence-electron chi connectivity index (χ1n) is 7.14. The van der Waals surface area contributed by atoms with Crippen molar-refractivity contribution in [1.82, 2.24) is 0 Å². The predicted molar refractivity (Wildman–Crippen MR) is 86.4 cm³/mol. The van der Waals surface area contributed by atoms with Gasteiger partial charge in [0.1, 0.15) is 5.75 Å². The molecule has 0 radical (unpaired) electrons. The minimum atomic E-state index is -0.443. The molecule has 1 aromatic carbocycles. The summed E-state index contributed by atoms with van der Waals surface area (Å²) in [7, 11) is 1.31. The van der Waals surface area contributed by atoms with Crippen molar-refractivity contribution in [2.75, 3.05) is 25.7 Å². The Morgan fingerprint density at radius 2 is 1.91 bits per heavy atom. The highest BCUT2D eigenvalue weighted by molar-refractivity contribution is 9.09. The summed E-state index contributed by atoms with van der Waals surface area (Å²) in [4.78, 5) is 23.1. The second-order valence-corrected chi connectivity index (χ2v) is 5.31. The smallest absolute Gasteiger partial charge is 0.343 e. The molecule has 0 fully saturated rings. The van der Waals surface area contributed by atoms with Crippen LogP contribution in [0.1, 0.15) is 31.2 Å². The summed E-state index contributed by atoms with van der Waals surface area (Å²) in [6.07, 6.45) is 1.85. The number of methoxy groups -OCH3 is 1. The number of carbonyl (C=O) groups excluding carboxylic acids is 2. The van der Waals surface area contributed by atoms with Gasteiger partial charge in [-0.15, -0.1) is 0 Å². The fraction of sp³-hybridized carbons (Fsp3) is 0.500. The molecule has 0 saturated heterocycles. The van der Waals surface area contributed by atoms with Crippen molar-refractivity contribution in [2.24, 2.45) is 0 Å². The number of esters is 2. The van der Waals surface area contributed by atoms with Crippen molar-refractivity contribution in [3.63, 3.8) is 0 Å². The number of alkyl halides is 1. The molecule has 122 valence electrons. The number of halogens is 1. The Morgan fingerprint density at radius 3 is 2.45 bits per heavy atom. The molecule has 0 saturated carbocycles. The summed E-state index contributed by atoms with van der Waals surface area (Å²) in [5.41, 5.74) is 0.837. The number of rotatable bonds is 9. The van der Waals surface area contributed by atoms with Crippen LogP contribution in [0.15, 0.2) is 24.3 Å². The molecule has 1 atom stereocenters. The molecule has 0 amide bonds. The van der Waals surface area contributed by atoms with Crippen molar-refractivity contribution in [3.8, 4) is 5.75 Å². The molecule has 0 aliphatic rings. The first-order chi connectivity index (χ1) is 10.6. The topological polar surface area (TPSA) is 61.8 Å². The van der Waals surface area contributed by atoms with Gasteiger partial charge in [0.15, 0.2) is 6.61 Å². The Balaban J connectivity index is 2.62. The van der Waals surface area contributed by atoms with Gasteiger partial charge in [-0.3, -0.25) is 4.79 Å². The first-order valence-corrected chi connectivity index (χ1v) is 8.26. The zero-order valence-corrected chi connectivity index (χ0v) is 14.4. The predicted octanol–water partition coefficient (Wildman–Crippen LogP) is 3.06. The molecule has 6 heteroatoms. The van der Waals surface area contributed by atoms with Gasteiger partial charge in [0.2, 0.25) is 0 Å². The van der Waals surface area contributed by atoms with Gasteiger partial charge in [0.05, 0.1) is 19.6 Å². The lowest BCUT2D eigenvalue weighted by atomic mass is 10.0. The van der Waals surface area contributed by atoms with E-state index >= 15 is 0 Å². The highest BCUT2D eigenvalue weighted by Crippen LogP contribution is 2.23. The fourth-order valence-electron chi connectivity index (χ4n) is 1.70. The zero-order valence-electron chi connectivity index (χ0n) is 12.8. The molecule has 1 aromatic rings. The van der Waals surface area contributed by atoms with E-state index in [9.17, 15) is 9.59 Å². The Labute approximate surface area is 139 Å². The summed E-state index contributed by atoms with van der Waals surface area (Å²) in [6.45, 7) is 2.35. The van der Waals surface area contributed by atoms with E-state index in [1.54, 1.807) is 24.3 Å². The molecule has 0 spiro atoms. The van der Waals surface area contributed by atoms with E-state index < -0.39 is 5.97 Å². The molecule has 0 heterocycles. The molecule has 0 N–H and O–H groups in total. The van der Waals surface area contributed by atoms with Crippen LogP contribution in [0.3, 0.4) is 0 Å². The maximum absolute atomic E-state index is 12.0. The molecular weight excluding hydrogens is 352 g/mol. The Kier molecular flexibility index (Phi) is 8.58. The van der Waals surface area contributed by atoms with Crippen molar-refractivity contribution in [2.45, 2.75) is 25.7 Å². The van der Waals surface area contributed by atoms with E-state index in [1.165, 1.54) is 7.11 Å². The summed E-state index contributed by atoms with van der Waals surface area (Å²) in [5, 5.41) is 0.486. The maximum Gasteiger partial charge on any atom is 0.343 e. The minimum Gasteiger partial charge on any atom is -0.482 e. The third-order valence-electron chi connectivity index (χ3n) is 3.05. The third-order valence-corrected chi connectivity index (χ3v) is 3.70. The Morgan fingerprint density at radius 1 is 1.23 bits per heavy atom. The van der Waals surface area contributed by atoms with Gasteiger partial charge in [-0.2, -0.15) is 0 Å². The van der Waals surface area contributed by atoms with E-state index in [0.29, 0.717) is 17.7 Å². The Hall–Kier alpha value is -1.56. The number of hydrogen-bond acceptors (Lipinski definition) is 5. The standard InChI is InChI=1S/C16H21BrO5/c1-3-4-9-21-16(19)14(10-17)12-5-7-13(8-6-12)22-11-15(18)20-2/h5-8,14H,3-4,9-11H2,1-2H3. The van der Waals surface area contributed by atoms with E-state index in [4.69, 9.17) is 9.47 Å². The number of hydrogen-bond donors (Lipinski definition) is 0. The van der Waals surface area contributed by atoms with Gasteiger partial charge in [0, 0.05) is 5.33 Å². The highest BCUT2D eigenvalue weighted by atomic mass is 79.9. The monoisotopic (exact) mass is 372 g/mol. The van der Waals surface area contributed by atoms with Gasteiger partial charge < -0.3 is 14.2 Å². The van der Waals surface area contributed by atoms with Crippen molar-refractivity contribution in [3.05, 3.63) is 29.8 Å². The largest absolute Gasteiger partial charge is 0.482 e. The number of unbranched alkanes of at least 4 members (excludes halogenated alkanes) is 1. The molecule has 0 aromatic heterocycles. The van der Waals surface area contributed by atoms with E-state index in [0.717, 1.165) is 18.4 Å². The van der Waals surface area contributed by atoms with Crippen molar-refractivity contribution < 1.29 is 23.8 Å². The molecule has 5 nitrogen and oxygen atoms in total. The molecular formula is C16H21BrO5. The second-order valence-electron chi connectivity index (χ2n) is 4.66. The summed E-state index contributed by atoms with van der Waals surface area (Å²) >= 11 is 3.35. The molecule has 0 aliphatic heterocycles. The van der Waals surface area contributed by atoms with Gasteiger partial charge in [0.25, 0.3) is 0 Å². The van der Waals surface area contributed by atoms with Gasteiger partial charge >= 0.3 is 11.9 Å². The summed E-state index contributed by atoms with van der Waals surface area (Å²) in [6, 6.07) is 7.01.